The summed E-state index contributed by atoms with van der Waals surface area (Å²) in [5.74, 6) is -0.0290. The van der Waals surface area contributed by atoms with Crippen molar-refractivity contribution in [1.29, 1.82) is 0 Å². The van der Waals surface area contributed by atoms with Crippen LogP contribution in [0.15, 0.2) is 22.6 Å². The van der Waals surface area contributed by atoms with E-state index in [-0.39, 0.29) is 11.9 Å². The van der Waals surface area contributed by atoms with Crippen LogP contribution in [0.1, 0.15) is 25.7 Å². The Morgan fingerprint density at radius 2 is 2.04 bits per heavy atom. The molecule has 1 aromatic carbocycles. The highest BCUT2D eigenvalue weighted by Gasteiger charge is 2.23. The molecule has 9 heteroatoms. The molecule has 1 saturated carbocycles. The number of halogens is 1. The maximum Gasteiger partial charge on any atom is 0.295 e. The van der Waals surface area contributed by atoms with E-state index < -0.39 is 10.2 Å². The number of fused-ring (bicyclic) bond motifs is 1. The van der Waals surface area contributed by atoms with E-state index in [9.17, 15) is 12.8 Å². The van der Waals surface area contributed by atoms with Crippen molar-refractivity contribution in [3.8, 4) is 0 Å². The minimum absolute atomic E-state index is 0.222. The van der Waals surface area contributed by atoms with Gasteiger partial charge < -0.3 is 9.73 Å². The minimum Gasteiger partial charge on any atom is -0.423 e. The van der Waals surface area contributed by atoms with E-state index in [1.54, 1.807) is 6.07 Å². The topological polar surface area (TPSA) is 96.3 Å². The molecule has 1 aromatic heterocycles. The average Bonchev–Trinajstić information content (AvgIpc) is 2.95. The molecule has 0 radical (unpaired) electrons. The van der Waals surface area contributed by atoms with Gasteiger partial charge in [0.1, 0.15) is 11.3 Å². The third-order valence-corrected chi connectivity index (χ3v) is 5.44. The number of rotatable bonds is 6. The van der Waals surface area contributed by atoms with Crippen LogP contribution < -0.4 is 14.8 Å². The van der Waals surface area contributed by atoms with E-state index in [0.717, 1.165) is 25.7 Å². The van der Waals surface area contributed by atoms with Crippen LogP contribution >= 0.6 is 0 Å². The molecule has 132 valence electrons. The van der Waals surface area contributed by atoms with Gasteiger partial charge in [-0.25, -0.2) is 13.8 Å². The van der Waals surface area contributed by atoms with Crippen LogP contribution in [-0.2, 0) is 10.2 Å². The normalized spacial score (nSPS) is 21.9. The molecule has 0 saturated heterocycles. The summed E-state index contributed by atoms with van der Waals surface area (Å²) in [5.41, 5.74) is 1.04. The molecular formula is C15H21FN4O3S. The van der Waals surface area contributed by atoms with Gasteiger partial charge in [-0.2, -0.15) is 13.4 Å². The van der Waals surface area contributed by atoms with E-state index in [1.807, 2.05) is 0 Å². The summed E-state index contributed by atoms with van der Waals surface area (Å²) >= 11 is 0. The summed E-state index contributed by atoms with van der Waals surface area (Å²) in [7, 11) is -1.99. The van der Waals surface area contributed by atoms with E-state index in [2.05, 4.69) is 19.7 Å². The molecule has 3 rings (SSSR count). The Balaban J connectivity index is 1.51. The van der Waals surface area contributed by atoms with Crippen LogP contribution in [-0.4, -0.2) is 33.0 Å². The molecule has 3 N–H and O–H groups in total. The van der Waals surface area contributed by atoms with Crippen molar-refractivity contribution in [2.24, 2.45) is 5.92 Å². The summed E-state index contributed by atoms with van der Waals surface area (Å²) in [5, 5.41) is 3.24. The first kappa shape index (κ1) is 17.1. The average molecular weight is 356 g/mol. The van der Waals surface area contributed by atoms with Gasteiger partial charge in [-0.15, -0.1) is 0 Å². The Morgan fingerprint density at radius 3 is 2.75 bits per heavy atom. The van der Waals surface area contributed by atoms with Crippen LogP contribution in [0.5, 0.6) is 0 Å². The fourth-order valence-electron chi connectivity index (χ4n) is 2.95. The molecule has 0 aliphatic heterocycles. The third-order valence-electron chi connectivity index (χ3n) is 4.36. The van der Waals surface area contributed by atoms with Gasteiger partial charge in [0.05, 0.1) is 0 Å². The maximum absolute atomic E-state index is 13.2. The fourth-order valence-corrected chi connectivity index (χ4v) is 3.54. The lowest BCUT2D eigenvalue weighted by Gasteiger charge is -2.28. The van der Waals surface area contributed by atoms with Crippen molar-refractivity contribution in [3.05, 3.63) is 24.0 Å². The molecule has 0 atom stereocenters. The Labute approximate surface area is 140 Å². The van der Waals surface area contributed by atoms with Gasteiger partial charge in [0.15, 0.2) is 5.58 Å². The SMILES string of the molecule is CNS(=O)(=O)NCC1CCC(Nc2nc3ccc(F)cc3o2)CC1. The molecule has 2 aromatic rings. The minimum atomic E-state index is -3.37. The van der Waals surface area contributed by atoms with E-state index in [4.69, 9.17) is 4.42 Å². The van der Waals surface area contributed by atoms with Crippen molar-refractivity contribution in [2.45, 2.75) is 31.7 Å². The predicted molar refractivity (Wildman–Crippen MR) is 89.3 cm³/mol. The van der Waals surface area contributed by atoms with Crippen molar-refractivity contribution in [1.82, 2.24) is 14.4 Å². The highest BCUT2D eigenvalue weighted by molar-refractivity contribution is 7.87. The number of benzene rings is 1. The molecule has 24 heavy (non-hydrogen) atoms. The largest absolute Gasteiger partial charge is 0.423 e. The number of hydrogen-bond donors (Lipinski definition) is 3. The smallest absolute Gasteiger partial charge is 0.295 e. The first-order valence-corrected chi connectivity index (χ1v) is 9.44. The van der Waals surface area contributed by atoms with Crippen LogP contribution in [0, 0.1) is 11.7 Å². The lowest BCUT2D eigenvalue weighted by molar-refractivity contribution is 0.334. The van der Waals surface area contributed by atoms with Gasteiger partial charge in [-0.3, -0.25) is 0 Å². The quantitative estimate of drug-likeness (QED) is 0.736. The third kappa shape index (κ3) is 4.22. The number of oxazole rings is 1. The van der Waals surface area contributed by atoms with Crippen LogP contribution in [0.3, 0.4) is 0 Å². The molecule has 0 spiro atoms. The number of nitrogens with one attached hydrogen (secondary N) is 3. The zero-order chi connectivity index (χ0) is 17.2. The summed E-state index contributed by atoms with van der Waals surface area (Å²) in [6.07, 6.45) is 3.63. The molecule has 1 fully saturated rings. The Hall–Kier alpha value is -1.71. The van der Waals surface area contributed by atoms with Gasteiger partial charge >= 0.3 is 0 Å². The van der Waals surface area contributed by atoms with Crippen molar-refractivity contribution in [3.63, 3.8) is 0 Å². The van der Waals surface area contributed by atoms with E-state index >= 15 is 0 Å². The number of anilines is 1. The van der Waals surface area contributed by atoms with Gasteiger partial charge in [0, 0.05) is 25.7 Å². The molecule has 0 bridgehead atoms. The second-order valence-electron chi connectivity index (χ2n) is 6.05. The first-order valence-electron chi connectivity index (χ1n) is 7.96. The van der Waals surface area contributed by atoms with E-state index in [0.29, 0.717) is 29.6 Å². The van der Waals surface area contributed by atoms with Crippen LogP contribution in [0.2, 0.25) is 0 Å². The van der Waals surface area contributed by atoms with Gasteiger partial charge in [0.25, 0.3) is 16.2 Å². The molecule has 1 heterocycles. The Kier molecular flexibility index (Phi) is 5.02. The van der Waals surface area contributed by atoms with Gasteiger partial charge in [-0.1, -0.05) is 0 Å². The standard InChI is InChI=1S/C15H21FN4O3S/c1-17-24(21,22)18-9-10-2-5-12(6-3-10)19-15-20-13-7-4-11(16)8-14(13)23-15/h4,7-8,10,12,17-18H,2-3,5-6,9H2,1H3,(H,19,20). The van der Waals surface area contributed by atoms with Crippen molar-refractivity contribution >= 4 is 27.3 Å². The second-order valence-corrected chi connectivity index (χ2v) is 7.75. The fraction of sp³-hybridized carbons (Fsp3) is 0.533. The Bertz CT molecular complexity index is 800. The van der Waals surface area contributed by atoms with E-state index in [1.165, 1.54) is 19.2 Å². The van der Waals surface area contributed by atoms with Gasteiger partial charge in [-0.05, 0) is 43.7 Å². The second kappa shape index (κ2) is 7.04. The molecule has 0 unspecified atom stereocenters. The molecular weight excluding hydrogens is 335 g/mol. The summed E-state index contributed by atoms with van der Waals surface area (Å²) < 4.78 is 46.2. The number of hydrogen-bond acceptors (Lipinski definition) is 5. The summed E-state index contributed by atoms with van der Waals surface area (Å²) in [6, 6.07) is 4.88. The lowest BCUT2D eigenvalue weighted by atomic mass is 9.86. The van der Waals surface area contributed by atoms with Crippen molar-refractivity contribution in [2.75, 3.05) is 18.9 Å². The predicted octanol–water partition coefficient (Wildman–Crippen LogP) is 1.99. The lowest BCUT2D eigenvalue weighted by Crippen LogP contribution is -2.38. The highest BCUT2D eigenvalue weighted by atomic mass is 32.2. The molecule has 1 aliphatic rings. The molecule has 0 amide bonds. The number of aromatic nitrogens is 1. The molecule has 1 aliphatic carbocycles. The monoisotopic (exact) mass is 356 g/mol. The Morgan fingerprint density at radius 1 is 1.29 bits per heavy atom. The molecule has 7 nitrogen and oxygen atoms in total. The maximum atomic E-state index is 13.2. The highest BCUT2D eigenvalue weighted by Crippen LogP contribution is 2.27. The van der Waals surface area contributed by atoms with Gasteiger partial charge in [0.2, 0.25) is 0 Å². The first-order chi connectivity index (χ1) is 11.4. The zero-order valence-corrected chi connectivity index (χ0v) is 14.2. The van der Waals surface area contributed by atoms with Crippen LogP contribution in [0.4, 0.5) is 10.4 Å². The summed E-state index contributed by atoms with van der Waals surface area (Å²) in [6.45, 7) is 0.443. The number of nitrogens with zero attached hydrogens (tertiary/aromatic N) is 1. The van der Waals surface area contributed by atoms with Crippen molar-refractivity contribution < 1.29 is 17.2 Å². The van der Waals surface area contributed by atoms with Crippen LogP contribution in [0.25, 0.3) is 11.1 Å². The zero-order valence-electron chi connectivity index (χ0n) is 13.4. The summed E-state index contributed by atoms with van der Waals surface area (Å²) in [4.78, 5) is 4.30.